The molecule has 0 unspecified atom stereocenters. The Bertz CT molecular complexity index is 453. The van der Waals surface area contributed by atoms with Gasteiger partial charge < -0.3 is 10.6 Å². The Hall–Kier alpha value is -1.13. The van der Waals surface area contributed by atoms with Gasteiger partial charge in [-0.1, -0.05) is 23.7 Å². The van der Waals surface area contributed by atoms with Crippen LogP contribution in [-0.4, -0.2) is 18.0 Å². The number of hydrogen-bond acceptors (Lipinski definition) is 2. The summed E-state index contributed by atoms with van der Waals surface area (Å²) in [5.41, 5.74) is 0.405. The van der Waals surface area contributed by atoms with Gasteiger partial charge in [0.2, 0.25) is 5.91 Å². The molecule has 0 spiro atoms. The molecule has 1 aromatic carbocycles. The van der Waals surface area contributed by atoms with E-state index in [0.717, 1.165) is 12.8 Å². The van der Waals surface area contributed by atoms with Crippen LogP contribution in [0.5, 0.6) is 0 Å². The van der Waals surface area contributed by atoms with E-state index < -0.39 is 5.82 Å². The molecule has 2 atom stereocenters. The van der Waals surface area contributed by atoms with E-state index in [0.29, 0.717) is 11.6 Å². The van der Waals surface area contributed by atoms with Gasteiger partial charge >= 0.3 is 0 Å². The molecule has 1 fully saturated rings. The van der Waals surface area contributed by atoms with Crippen LogP contribution in [0.4, 0.5) is 4.39 Å². The van der Waals surface area contributed by atoms with Crippen molar-refractivity contribution in [2.75, 3.05) is 0 Å². The van der Waals surface area contributed by atoms with Crippen molar-refractivity contribution in [2.45, 2.75) is 38.4 Å². The van der Waals surface area contributed by atoms with Crippen LogP contribution < -0.4 is 10.6 Å². The Kier molecular flexibility index (Phi) is 4.19. The average molecular weight is 271 g/mol. The van der Waals surface area contributed by atoms with Crippen molar-refractivity contribution in [3.8, 4) is 0 Å². The first kappa shape index (κ1) is 13.3. The Balaban J connectivity index is 1.91. The molecule has 1 amide bonds. The topological polar surface area (TPSA) is 41.1 Å². The highest BCUT2D eigenvalue weighted by Gasteiger charge is 2.26. The Morgan fingerprint density at radius 2 is 2.33 bits per heavy atom. The van der Waals surface area contributed by atoms with Gasteiger partial charge in [0.25, 0.3) is 0 Å². The molecule has 1 aliphatic rings. The first-order valence-corrected chi connectivity index (χ1v) is 6.42. The van der Waals surface area contributed by atoms with Crippen LogP contribution >= 0.6 is 11.6 Å². The molecule has 2 rings (SSSR count). The number of benzene rings is 1. The van der Waals surface area contributed by atoms with Gasteiger partial charge in [0, 0.05) is 18.2 Å². The van der Waals surface area contributed by atoms with E-state index in [-0.39, 0.29) is 23.5 Å². The largest absolute Gasteiger partial charge is 0.351 e. The van der Waals surface area contributed by atoms with Crippen molar-refractivity contribution in [1.29, 1.82) is 0 Å². The molecule has 0 aliphatic carbocycles. The van der Waals surface area contributed by atoms with Crippen LogP contribution in [0, 0.1) is 5.82 Å². The molecule has 5 heteroatoms. The van der Waals surface area contributed by atoms with Crippen molar-refractivity contribution < 1.29 is 9.18 Å². The van der Waals surface area contributed by atoms with Crippen molar-refractivity contribution in [2.24, 2.45) is 0 Å². The van der Waals surface area contributed by atoms with E-state index in [9.17, 15) is 9.18 Å². The summed E-state index contributed by atoms with van der Waals surface area (Å²) in [6.07, 6.45) is 1.81. The summed E-state index contributed by atoms with van der Waals surface area (Å²) in [4.78, 5) is 11.8. The molecule has 3 nitrogen and oxygen atoms in total. The van der Waals surface area contributed by atoms with Crippen molar-refractivity contribution in [3.05, 3.63) is 34.6 Å². The van der Waals surface area contributed by atoms with Crippen molar-refractivity contribution in [1.82, 2.24) is 10.6 Å². The van der Waals surface area contributed by atoms with Crippen LogP contribution in [0.25, 0.3) is 0 Å². The summed E-state index contributed by atoms with van der Waals surface area (Å²) in [6.45, 7) is 2.21. The lowest BCUT2D eigenvalue weighted by Gasteiger charge is -2.12. The number of rotatable bonds is 3. The lowest BCUT2D eigenvalue weighted by Crippen LogP contribution is -2.41. The average Bonchev–Trinajstić information content (AvgIpc) is 2.77. The van der Waals surface area contributed by atoms with Gasteiger partial charge in [0.1, 0.15) is 5.82 Å². The van der Waals surface area contributed by atoms with Gasteiger partial charge in [0.15, 0.2) is 0 Å². The van der Waals surface area contributed by atoms with Gasteiger partial charge in [-0.3, -0.25) is 4.79 Å². The van der Waals surface area contributed by atoms with E-state index in [1.54, 1.807) is 12.1 Å². The number of carbonyl (C=O) groups is 1. The lowest BCUT2D eigenvalue weighted by molar-refractivity contribution is -0.123. The summed E-state index contributed by atoms with van der Waals surface area (Å²) < 4.78 is 13.6. The fourth-order valence-corrected chi connectivity index (χ4v) is 2.32. The second kappa shape index (κ2) is 5.67. The van der Waals surface area contributed by atoms with Gasteiger partial charge in [0.05, 0.1) is 11.1 Å². The molecule has 1 aliphatic heterocycles. The number of halogens is 2. The highest BCUT2D eigenvalue weighted by Crippen LogP contribution is 2.18. The zero-order valence-corrected chi connectivity index (χ0v) is 10.9. The number of nitrogens with one attached hydrogen (secondary N) is 2. The Morgan fingerprint density at radius 1 is 1.56 bits per heavy atom. The van der Waals surface area contributed by atoms with Gasteiger partial charge in [-0.2, -0.15) is 0 Å². The molecule has 1 aromatic rings. The molecule has 98 valence electrons. The summed E-state index contributed by atoms with van der Waals surface area (Å²) in [5, 5.41) is 5.99. The number of carbonyl (C=O) groups excluding carboxylic acids is 1. The van der Waals surface area contributed by atoms with E-state index >= 15 is 0 Å². The second-order valence-electron chi connectivity index (χ2n) is 4.63. The van der Waals surface area contributed by atoms with Crippen LogP contribution in [0.1, 0.15) is 25.3 Å². The van der Waals surface area contributed by atoms with Crippen molar-refractivity contribution in [3.63, 3.8) is 0 Å². The highest BCUT2D eigenvalue weighted by molar-refractivity contribution is 6.30. The van der Waals surface area contributed by atoms with Crippen LogP contribution in [0.15, 0.2) is 18.2 Å². The molecule has 0 saturated carbocycles. The Labute approximate surface area is 111 Å². The molecule has 1 heterocycles. The molecular weight excluding hydrogens is 255 g/mol. The fraction of sp³-hybridized carbons (Fsp3) is 0.462. The number of hydrogen-bond donors (Lipinski definition) is 2. The molecule has 2 N–H and O–H groups in total. The molecule has 1 saturated heterocycles. The normalized spacial score (nSPS) is 23.1. The predicted molar refractivity (Wildman–Crippen MR) is 68.9 cm³/mol. The van der Waals surface area contributed by atoms with Crippen LogP contribution in [0.3, 0.4) is 0 Å². The summed E-state index contributed by atoms with van der Waals surface area (Å²) in [5.74, 6) is -0.550. The molecule has 0 bridgehead atoms. The van der Waals surface area contributed by atoms with Crippen LogP contribution in [0.2, 0.25) is 5.02 Å². The monoisotopic (exact) mass is 270 g/mol. The second-order valence-corrected chi connectivity index (χ2v) is 5.04. The zero-order chi connectivity index (χ0) is 13.1. The molecule has 18 heavy (non-hydrogen) atoms. The zero-order valence-electron chi connectivity index (χ0n) is 10.2. The van der Waals surface area contributed by atoms with E-state index in [2.05, 4.69) is 10.6 Å². The van der Waals surface area contributed by atoms with Crippen molar-refractivity contribution >= 4 is 17.5 Å². The van der Waals surface area contributed by atoms with Crippen LogP contribution in [-0.2, 0) is 11.3 Å². The third-order valence-corrected chi connectivity index (χ3v) is 3.47. The minimum Gasteiger partial charge on any atom is -0.351 e. The third-order valence-electron chi connectivity index (χ3n) is 3.18. The molecular formula is C13H16ClFN2O. The predicted octanol–water partition coefficient (Wildman–Crippen LogP) is 2.24. The van der Waals surface area contributed by atoms with Gasteiger partial charge in [-0.25, -0.2) is 4.39 Å². The van der Waals surface area contributed by atoms with Gasteiger partial charge in [-0.15, -0.1) is 0 Å². The quantitative estimate of drug-likeness (QED) is 0.884. The minimum absolute atomic E-state index is 0.0781. The fourth-order valence-electron chi connectivity index (χ4n) is 2.12. The summed E-state index contributed by atoms with van der Waals surface area (Å²) >= 11 is 5.68. The molecule has 0 radical (unpaired) electrons. The maximum atomic E-state index is 13.6. The standard InChI is InChI=1S/C13H16ClFN2O/c1-8-5-6-11(17-8)13(18)16-7-9-3-2-4-10(14)12(9)15/h2-4,8,11,17H,5-7H2,1H3,(H,16,18)/t8-,11+/m1/s1. The van der Waals surface area contributed by atoms with Gasteiger partial charge in [-0.05, 0) is 25.8 Å². The summed E-state index contributed by atoms with van der Waals surface area (Å²) in [7, 11) is 0. The van der Waals surface area contributed by atoms with E-state index in [1.807, 2.05) is 6.92 Å². The maximum absolute atomic E-state index is 13.6. The molecule has 0 aromatic heterocycles. The number of amides is 1. The van der Waals surface area contributed by atoms with E-state index in [1.165, 1.54) is 6.07 Å². The first-order chi connectivity index (χ1) is 8.58. The SMILES string of the molecule is C[C@@H]1CC[C@@H](C(=O)NCc2cccc(Cl)c2F)N1. The highest BCUT2D eigenvalue weighted by atomic mass is 35.5. The smallest absolute Gasteiger partial charge is 0.237 e. The minimum atomic E-state index is -0.466. The lowest BCUT2D eigenvalue weighted by atomic mass is 10.2. The van der Waals surface area contributed by atoms with E-state index in [4.69, 9.17) is 11.6 Å². The Morgan fingerprint density at radius 3 is 3.00 bits per heavy atom. The summed E-state index contributed by atoms with van der Waals surface area (Å²) in [6, 6.07) is 4.98. The maximum Gasteiger partial charge on any atom is 0.237 e. The third kappa shape index (κ3) is 3.00. The first-order valence-electron chi connectivity index (χ1n) is 6.04.